The molecule has 0 aliphatic heterocycles. The topological polar surface area (TPSA) is 87.7 Å². The van der Waals surface area contributed by atoms with Gasteiger partial charge >= 0.3 is 6.09 Å². The Bertz CT molecular complexity index is 1090. The summed E-state index contributed by atoms with van der Waals surface area (Å²) in [5.74, 6) is -1.13. The van der Waals surface area contributed by atoms with Gasteiger partial charge in [-0.05, 0) is 51.3 Å². The number of amides is 3. The second-order valence-electron chi connectivity index (χ2n) is 9.18. The molecule has 2 aromatic rings. The molecule has 0 aliphatic carbocycles. The summed E-state index contributed by atoms with van der Waals surface area (Å²) in [5, 5.41) is 5.39. The quantitative estimate of drug-likeness (QED) is 0.294. The van der Waals surface area contributed by atoms with Crippen LogP contribution in [0.5, 0.6) is 0 Å². The van der Waals surface area contributed by atoms with Crippen LogP contribution in [-0.2, 0) is 20.9 Å². The molecule has 0 fully saturated rings. The van der Waals surface area contributed by atoms with Crippen LogP contribution in [0.1, 0.15) is 49.1 Å². The van der Waals surface area contributed by atoms with Crippen LogP contribution >= 0.6 is 12.6 Å². The van der Waals surface area contributed by atoms with Gasteiger partial charge in [0.2, 0.25) is 5.91 Å². The highest BCUT2D eigenvalue weighted by molar-refractivity contribution is 7.80. The first-order chi connectivity index (χ1) is 16.5. The molecule has 0 heterocycles. The third-order valence-electron chi connectivity index (χ3n) is 5.08. The van der Waals surface area contributed by atoms with Gasteiger partial charge in [0.05, 0.1) is 0 Å². The third-order valence-corrected chi connectivity index (χ3v) is 5.45. The van der Waals surface area contributed by atoms with Gasteiger partial charge in [-0.25, -0.2) is 4.79 Å². The number of alkyl carbamates (subject to hydrolysis) is 1. The first kappa shape index (κ1) is 27.8. The second-order valence-corrected chi connectivity index (χ2v) is 9.55. The fourth-order valence-corrected chi connectivity index (χ4v) is 3.73. The van der Waals surface area contributed by atoms with Crippen molar-refractivity contribution in [1.82, 2.24) is 15.5 Å². The highest BCUT2D eigenvalue weighted by atomic mass is 32.1. The van der Waals surface area contributed by atoms with Crippen molar-refractivity contribution in [3.63, 3.8) is 0 Å². The molecule has 8 heteroatoms. The average molecular weight is 496 g/mol. The summed E-state index contributed by atoms with van der Waals surface area (Å²) < 4.78 is 5.26. The van der Waals surface area contributed by atoms with Crippen molar-refractivity contribution < 1.29 is 19.1 Å². The largest absolute Gasteiger partial charge is 0.444 e. The van der Waals surface area contributed by atoms with Gasteiger partial charge < -0.3 is 15.4 Å². The van der Waals surface area contributed by atoms with Gasteiger partial charge in [0.15, 0.2) is 0 Å². The number of nitrogens with one attached hydrogen (secondary N) is 2. The van der Waals surface area contributed by atoms with Gasteiger partial charge in [-0.2, -0.15) is 12.6 Å². The molecule has 2 aromatic carbocycles. The van der Waals surface area contributed by atoms with Gasteiger partial charge in [0.25, 0.3) is 5.91 Å². The molecule has 0 radical (unpaired) electrons. The Morgan fingerprint density at radius 3 is 2.31 bits per heavy atom. The summed E-state index contributed by atoms with van der Waals surface area (Å²) >= 11 is 4.22. The molecule has 0 spiro atoms. The minimum absolute atomic E-state index is 0.0402. The smallest absolute Gasteiger partial charge is 0.408 e. The van der Waals surface area contributed by atoms with Gasteiger partial charge in [-0.1, -0.05) is 60.5 Å². The minimum Gasteiger partial charge on any atom is -0.444 e. The average Bonchev–Trinajstić information content (AvgIpc) is 2.79. The van der Waals surface area contributed by atoms with Crippen molar-refractivity contribution in [2.24, 2.45) is 0 Å². The van der Waals surface area contributed by atoms with Gasteiger partial charge in [0, 0.05) is 18.3 Å². The van der Waals surface area contributed by atoms with Crippen molar-refractivity contribution in [1.29, 1.82) is 0 Å². The zero-order valence-electron chi connectivity index (χ0n) is 20.8. The lowest BCUT2D eigenvalue weighted by atomic mass is 9.97. The van der Waals surface area contributed by atoms with Crippen LogP contribution < -0.4 is 10.6 Å². The van der Waals surface area contributed by atoms with E-state index in [0.717, 1.165) is 21.6 Å². The number of benzene rings is 2. The van der Waals surface area contributed by atoms with E-state index in [1.165, 1.54) is 0 Å². The van der Waals surface area contributed by atoms with Crippen LogP contribution in [-0.4, -0.2) is 40.2 Å². The van der Waals surface area contributed by atoms with Crippen LogP contribution in [0.2, 0.25) is 0 Å². The highest BCUT2D eigenvalue weighted by Gasteiger charge is 2.36. The number of hydrogen-bond acceptors (Lipinski definition) is 5. The summed E-state index contributed by atoms with van der Waals surface area (Å²) in [6, 6.07) is 15.1. The monoisotopic (exact) mass is 495 g/mol. The Morgan fingerprint density at radius 2 is 1.77 bits per heavy atom. The van der Waals surface area contributed by atoms with Crippen LogP contribution in [0.25, 0.3) is 0 Å². The summed E-state index contributed by atoms with van der Waals surface area (Å²) in [6.45, 7) is 9.20. The summed E-state index contributed by atoms with van der Waals surface area (Å²) in [4.78, 5) is 40.2. The number of thiol groups is 1. The maximum atomic E-state index is 13.5. The van der Waals surface area contributed by atoms with Crippen molar-refractivity contribution in [3.05, 3.63) is 70.8 Å². The zero-order chi connectivity index (χ0) is 26.2. The SMILES string of the molecule is C#CN(C(=O)C(CS)NC(=O)OC(C)(C)C)C(C(=O)NCc1ccccc1)c1ccc(C)cc1C. The molecule has 0 aliphatic rings. The summed E-state index contributed by atoms with van der Waals surface area (Å²) in [7, 11) is 0. The Balaban J connectivity index is 2.37. The Morgan fingerprint density at radius 1 is 1.11 bits per heavy atom. The number of ether oxygens (including phenoxy) is 1. The van der Waals surface area contributed by atoms with Crippen molar-refractivity contribution >= 4 is 30.5 Å². The van der Waals surface area contributed by atoms with E-state index < -0.39 is 35.6 Å². The molecule has 3 amide bonds. The van der Waals surface area contributed by atoms with Crippen molar-refractivity contribution in [3.8, 4) is 12.5 Å². The molecule has 2 atom stereocenters. The summed E-state index contributed by atoms with van der Waals surface area (Å²) in [5.41, 5.74) is 2.55. The number of rotatable bonds is 8. The highest BCUT2D eigenvalue weighted by Crippen LogP contribution is 2.26. The molecule has 2 N–H and O–H groups in total. The number of nitrogens with zero attached hydrogens (tertiary/aromatic N) is 1. The van der Waals surface area contributed by atoms with Crippen LogP contribution in [0, 0.1) is 26.3 Å². The first-order valence-corrected chi connectivity index (χ1v) is 11.9. The number of aryl methyl sites for hydroxylation is 2. The van der Waals surface area contributed by atoms with Crippen LogP contribution in [0.3, 0.4) is 0 Å². The first-order valence-electron chi connectivity index (χ1n) is 11.2. The fraction of sp³-hybridized carbons (Fsp3) is 0.370. The van der Waals surface area contributed by atoms with E-state index in [2.05, 4.69) is 29.3 Å². The maximum absolute atomic E-state index is 13.5. The van der Waals surface area contributed by atoms with E-state index in [9.17, 15) is 14.4 Å². The van der Waals surface area contributed by atoms with E-state index in [0.29, 0.717) is 5.56 Å². The lowest BCUT2D eigenvalue weighted by molar-refractivity contribution is -0.138. The van der Waals surface area contributed by atoms with E-state index in [-0.39, 0.29) is 12.3 Å². The molecule has 0 saturated heterocycles. The van der Waals surface area contributed by atoms with E-state index in [1.54, 1.807) is 26.8 Å². The Kier molecular flexibility index (Phi) is 9.78. The number of carbonyl (C=O) groups excluding carboxylic acids is 3. The molecule has 35 heavy (non-hydrogen) atoms. The van der Waals surface area contributed by atoms with E-state index >= 15 is 0 Å². The number of carbonyl (C=O) groups is 3. The standard InChI is InChI=1S/C27H33N3O4S/c1-7-30(25(32)22(17-35)29-26(33)34-27(4,5)6)23(21-14-13-18(2)15-19(21)3)24(31)28-16-20-11-9-8-10-12-20/h1,8-15,22-23,35H,16-17H2,2-6H3,(H,28,31)(H,29,33). The summed E-state index contributed by atoms with van der Waals surface area (Å²) in [6.07, 6.45) is 4.99. The Hall–Kier alpha value is -3.44. The minimum atomic E-state index is -1.11. The number of hydrogen-bond donors (Lipinski definition) is 3. The van der Waals surface area contributed by atoms with E-state index in [4.69, 9.17) is 11.2 Å². The molecular weight excluding hydrogens is 462 g/mol. The normalized spacial score (nSPS) is 12.6. The second kappa shape index (κ2) is 12.3. The van der Waals surface area contributed by atoms with Gasteiger partial charge in [0.1, 0.15) is 17.7 Å². The Labute approximate surface area is 213 Å². The molecule has 2 unspecified atom stereocenters. The van der Waals surface area contributed by atoms with Gasteiger partial charge in [-0.15, -0.1) is 0 Å². The molecule has 0 saturated carbocycles. The molecular formula is C27H33N3O4S. The van der Waals surface area contributed by atoms with Crippen LogP contribution in [0.4, 0.5) is 4.79 Å². The maximum Gasteiger partial charge on any atom is 0.408 e. The van der Waals surface area contributed by atoms with Crippen molar-refractivity contribution in [2.45, 2.75) is 58.8 Å². The lowest BCUT2D eigenvalue weighted by Crippen LogP contribution is -2.52. The fourth-order valence-electron chi connectivity index (χ4n) is 3.48. The lowest BCUT2D eigenvalue weighted by Gasteiger charge is -2.30. The molecule has 2 rings (SSSR count). The predicted octanol–water partition coefficient (Wildman–Crippen LogP) is 3.90. The molecule has 0 aromatic heterocycles. The third kappa shape index (κ3) is 8.08. The molecule has 7 nitrogen and oxygen atoms in total. The number of terminal acetylenes is 1. The van der Waals surface area contributed by atoms with Crippen LogP contribution in [0.15, 0.2) is 48.5 Å². The molecule has 186 valence electrons. The van der Waals surface area contributed by atoms with E-state index in [1.807, 2.05) is 56.3 Å². The van der Waals surface area contributed by atoms with Gasteiger partial charge in [-0.3, -0.25) is 14.5 Å². The zero-order valence-corrected chi connectivity index (χ0v) is 21.7. The predicted molar refractivity (Wildman–Crippen MR) is 140 cm³/mol. The van der Waals surface area contributed by atoms with Crippen molar-refractivity contribution in [2.75, 3.05) is 5.75 Å². The molecule has 0 bridgehead atoms.